The van der Waals surface area contributed by atoms with Crippen molar-refractivity contribution in [1.29, 1.82) is 0 Å². The van der Waals surface area contributed by atoms with Gasteiger partial charge in [-0.05, 0) is 37.1 Å². The van der Waals surface area contributed by atoms with Crippen LogP contribution in [0.15, 0.2) is 30.5 Å². The van der Waals surface area contributed by atoms with E-state index in [1.807, 2.05) is 7.05 Å². The SMILES string of the molecule is CNCC(C(C)C)C(N)c1cn(C)c2ccccc12. The molecule has 0 spiro atoms. The molecule has 104 valence electrons. The highest BCUT2D eigenvalue weighted by atomic mass is 14.9. The molecule has 2 aromatic rings. The highest BCUT2D eigenvalue weighted by molar-refractivity contribution is 5.84. The molecule has 2 rings (SSSR count). The van der Waals surface area contributed by atoms with Crippen LogP contribution in [0.3, 0.4) is 0 Å². The maximum atomic E-state index is 6.55. The van der Waals surface area contributed by atoms with Gasteiger partial charge in [0.05, 0.1) is 0 Å². The van der Waals surface area contributed by atoms with Crippen LogP contribution in [0.5, 0.6) is 0 Å². The second-order valence-corrected chi connectivity index (χ2v) is 5.70. The number of aromatic nitrogens is 1. The number of fused-ring (bicyclic) bond motifs is 1. The fourth-order valence-electron chi connectivity index (χ4n) is 2.88. The van der Waals surface area contributed by atoms with Gasteiger partial charge >= 0.3 is 0 Å². The summed E-state index contributed by atoms with van der Waals surface area (Å²) >= 11 is 0. The number of para-hydroxylation sites is 1. The van der Waals surface area contributed by atoms with Crippen LogP contribution in [0.25, 0.3) is 10.9 Å². The number of hydrogen-bond donors (Lipinski definition) is 2. The summed E-state index contributed by atoms with van der Waals surface area (Å²) in [7, 11) is 4.08. The summed E-state index contributed by atoms with van der Waals surface area (Å²) in [6, 6.07) is 8.54. The Morgan fingerprint density at radius 2 is 1.95 bits per heavy atom. The predicted molar refractivity (Wildman–Crippen MR) is 82.1 cm³/mol. The molecule has 1 aromatic carbocycles. The quantitative estimate of drug-likeness (QED) is 0.867. The second kappa shape index (κ2) is 5.76. The molecule has 0 saturated heterocycles. The maximum absolute atomic E-state index is 6.55. The van der Waals surface area contributed by atoms with Crippen LogP contribution >= 0.6 is 0 Å². The number of rotatable bonds is 5. The zero-order valence-corrected chi connectivity index (χ0v) is 12.4. The Kier molecular flexibility index (Phi) is 4.27. The van der Waals surface area contributed by atoms with Gasteiger partial charge in [-0.3, -0.25) is 0 Å². The van der Waals surface area contributed by atoms with E-state index in [0.717, 1.165) is 6.54 Å². The van der Waals surface area contributed by atoms with E-state index in [-0.39, 0.29) is 6.04 Å². The largest absolute Gasteiger partial charge is 0.350 e. The van der Waals surface area contributed by atoms with Gasteiger partial charge in [-0.25, -0.2) is 0 Å². The predicted octanol–water partition coefficient (Wildman–Crippen LogP) is 2.67. The summed E-state index contributed by atoms with van der Waals surface area (Å²) in [5, 5.41) is 4.54. The van der Waals surface area contributed by atoms with E-state index in [2.05, 4.69) is 61.2 Å². The third-order valence-electron chi connectivity index (χ3n) is 4.04. The summed E-state index contributed by atoms with van der Waals surface area (Å²) in [4.78, 5) is 0. The Bertz CT molecular complexity index is 542. The Morgan fingerprint density at radius 1 is 1.26 bits per heavy atom. The van der Waals surface area contributed by atoms with Gasteiger partial charge in [-0.1, -0.05) is 32.0 Å². The number of nitrogens with zero attached hydrogens (tertiary/aromatic N) is 1. The van der Waals surface area contributed by atoms with E-state index in [1.165, 1.54) is 16.5 Å². The zero-order valence-electron chi connectivity index (χ0n) is 12.4. The normalized spacial score (nSPS) is 15.1. The number of aryl methyl sites for hydroxylation is 1. The van der Waals surface area contributed by atoms with Crippen molar-refractivity contribution in [3.63, 3.8) is 0 Å². The average molecular weight is 259 g/mol. The van der Waals surface area contributed by atoms with Crippen molar-refractivity contribution >= 4 is 10.9 Å². The lowest BCUT2D eigenvalue weighted by Gasteiger charge is -2.27. The lowest BCUT2D eigenvalue weighted by Crippen LogP contribution is -2.33. The molecule has 0 aliphatic carbocycles. The molecule has 0 bridgehead atoms. The van der Waals surface area contributed by atoms with Gasteiger partial charge in [0.15, 0.2) is 0 Å². The number of benzene rings is 1. The van der Waals surface area contributed by atoms with Crippen LogP contribution in [0, 0.1) is 11.8 Å². The first-order valence-electron chi connectivity index (χ1n) is 7.00. The molecule has 3 N–H and O–H groups in total. The van der Waals surface area contributed by atoms with E-state index in [4.69, 9.17) is 5.73 Å². The summed E-state index contributed by atoms with van der Waals surface area (Å²) in [5.41, 5.74) is 9.06. The molecule has 0 fully saturated rings. The lowest BCUT2D eigenvalue weighted by molar-refractivity contribution is 0.315. The Balaban J connectivity index is 2.42. The minimum Gasteiger partial charge on any atom is -0.350 e. The topological polar surface area (TPSA) is 43.0 Å². The van der Waals surface area contributed by atoms with Gasteiger partial charge in [-0.15, -0.1) is 0 Å². The number of nitrogens with two attached hydrogens (primary N) is 1. The van der Waals surface area contributed by atoms with Crippen LogP contribution in [-0.2, 0) is 7.05 Å². The van der Waals surface area contributed by atoms with Gasteiger partial charge in [0.1, 0.15) is 0 Å². The average Bonchev–Trinajstić information content (AvgIpc) is 2.73. The molecular weight excluding hydrogens is 234 g/mol. The minimum absolute atomic E-state index is 0.0681. The minimum atomic E-state index is 0.0681. The summed E-state index contributed by atoms with van der Waals surface area (Å²) in [6.07, 6.45) is 2.18. The first kappa shape index (κ1) is 14.1. The molecule has 2 atom stereocenters. The molecule has 0 saturated carbocycles. The van der Waals surface area contributed by atoms with Crippen molar-refractivity contribution in [2.45, 2.75) is 19.9 Å². The van der Waals surface area contributed by atoms with Crippen LogP contribution < -0.4 is 11.1 Å². The Morgan fingerprint density at radius 3 is 2.58 bits per heavy atom. The smallest absolute Gasteiger partial charge is 0.0481 e. The molecule has 1 heterocycles. The van der Waals surface area contributed by atoms with E-state index in [0.29, 0.717) is 11.8 Å². The molecule has 0 amide bonds. The molecule has 0 aliphatic rings. The lowest BCUT2D eigenvalue weighted by atomic mass is 9.85. The van der Waals surface area contributed by atoms with Crippen molar-refractivity contribution < 1.29 is 0 Å². The third-order valence-corrected chi connectivity index (χ3v) is 4.04. The van der Waals surface area contributed by atoms with Crippen molar-refractivity contribution in [3.8, 4) is 0 Å². The highest BCUT2D eigenvalue weighted by Crippen LogP contribution is 2.31. The number of nitrogens with one attached hydrogen (secondary N) is 1. The van der Waals surface area contributed by atoms with E-state index in [1.54, 1.807) is 0 Å². The van der Waals surface area contributed by atoms with Crippen LogP contribution in [0.2, 0.25) is 0 Å². The first-order chi connectivity index (χ1) is 9.06. The molecule has 2 unspecified atom stereocenters. The molecule has 19 heavy (non-hydrogen) atoms. The standard InChI is InChI=1S/C16H25N3/c1-11(2)13(9-18-3)16(17)14-10-19(4)15-8-6-5-7-12(14)15/h5-8,10-11,13,16,18H,9,17H2,1-4H3. The third kappa shape index (κ3) is 2.67. The highest BCUT2D eigenvalue weighted by Gasteiger charge is 2.24. The van der Waals surface area contributed by atoms with E-state index in [9.17, 15) is 0 Å². The molecule has 0 aliphatic heterocycles. The fraction of sp³-hybridized carbons (Fsp3) is 0.500. The Hall–Kier alpha value is -1.32. The van der Waals surface area contributed by atoms with Gasteiger partial charge in [-0.2, -0.15) is 0 Å². The summed E-state index contributed by atoms with van der Waals surface area (Å²) in [5.74, 6) is 0.997. The van der Waals surface area contributed by atoms with Crippen molar-refractivity contribution in [2.24, 2.45) is 24.6 Å². The van der Waals surface area contributed by atoms with Crippen molar-refractivity contribution in [2.75, 3.05) is 13.6 Å². The van der Waals surface area contributed by atoms with Gasteiger partial charge in [0, 0.05) is 30.2 Å². The monoisotopic (exact) mass is 259 g/mol. The van der Waals surface area contributed by atoms with Crippen LogP contribution in [0.1, 0.15) is 25.5 Å². The first-order valence-corrected chi connectivity index (χ1v) is 7.00. The van der Waals surface area contributed by atoms with Gasteiger partial charge in [0.2, 0.25) is 0 Å². The zero-order chi connectivity index (χ0) is 14.0. The van der Waals surface area contributed by atoms with Crippen molar-refractivity contribution in [1.82, 2.24) is 9.88 Å². The van der Waals surface area contributed by atoms with Gasteiger partial charge in [0.25, 0.3) is 0 Å². The van der Waals surface area contributed by atoms with Crippen molar-refractivity contribution in [3.05, 3.63) is 36.0 Å². The van der Waals surface area contributed by atoms with Crippen LogP contribution in [-0.4, -0.2) is 18.2 Å². The van der Waals surface area contributed by atoms with Gasteiger partial charge < -0.3 is 15.6 Å². The fourth-order valence-corrected chi connectivity index (χ4v) is 2.88. The van der Waals surface area contributed by atoms with E-state index >= 15 is 0 Å². The molecule has 3 nitrogen and oxygen atoms in total. The Labute approximate surface area is 115 Å². The van der Waals surface area contributed by atoms with E-state index < -0.39 is 0 Å². The maximum Gasteiger partial charge on any atom is 0.0481 e. The second-order valence-electron chi connectivity index (χ2n) is 5.70. The summed E-state index contributed by atoms with van der Waals surface area (Å²) in [6.45, 7) is 5.43. The molecule has 3 heteroatoms. The number of hydrogen-bond acceptors (Lipinski definition) is 2. The molecular formula is C16H25N3. The molecule has 1 aromatic heterocycles. The van der Waals surface area contributed by atoms with Crippen LogP contribution in [0.4, 0.5) is 0 Å². The summed E-state index contributed by atoms with van der Waals surface area (Å²) < 4.78 is 2.17. The molecule has 0 radical (unpaired) electrons.